The number of aromatic nitrogens is 2. The maximum absolute atomic E-state index is 13.4. The molecule has 0 aliphatic rings. The minimum absolute atomic E-state index is 0.0754. The number of ether oxygens (including phenoxy) is 3. The zero-order chi connectivity index (χ0) is 26.9. The summed E-state index contributed by atoms with van der Waals surface area (Å²) < 4.78 is 21.3. The summed E-state index contributed by atoms with van der Waals surface area (Å²) in [5.41, 5.74) is 2.23. The van der Waals surface area contributed by atoms with Gasteiger partial charge in [0, 0.05) is 37.6 Å². The van der Waals surface area contributed by atoms with Gasteiger partial charge in [-0.15, -0.1) is 0 Å². The third-order valence-corrected chi connectivity index (χ3v) is 5.73. The van der Waals surface area contributed by atoms with Crippen molar-refractivity contribution in [3.8, 4) is 17.2 Å². The van der Waals surface area contributed by atoms with E-state index in [0.29, 0.717) is 29.4 Å². The van der Waals surface area contributed by atoms with Crippen LogP contribution >= 0.6 is 0 Å². The van der Waals surface area contributed by atoms with E-state index >= 15 is 0 Å². The highest BCUT2D eigenvalue weighted by molar-refractivity contribution is 5.94. The molecule has 196 valence electrons. The Morgan fingerprint density at radius 2 is 1.58 bits per heavy atom. The van der Waals surface area contributed by atoms with Gasteiger partial charge in [0.05, 0.1) is 33.4 Å². The topological polar surface area (TPSA) is 116 Å². The van der Waals surface area contributed by atoms with Gasteiger partial charge in [0.15, 0.2) is 11.5 Å². The smallest absolute Gasteiger partial charge is 0.273 e. The molecule has 0 fully saturated rings. The molecule has 0 aliphatic heterocycles. The van der Waals surface area contributed by atoms with Gasteiger partial charge in [-0.3, -0.25) is 14.6 Å². The molecule has 0 atom stereocenters. The highest BCUT2D eigenvalue weighted by Crippen LogP contribution is 2.25. The molecule has 0 spiro atoms. The Hall–Kier alpha value is -4.86. The first kappa shape index (κ1) is 26.2. The molecule has 0 radical (unpaired) electrons. The molecule has 2 heterocycles. The van der Waals surface area contributed by atoms with Gasteiger partial charge in [0.1, 0.15) is 17.2 Å². The lowest BCUT2D eigenvalue weighted by Crippen LogP contribution is -2.30. The molecule has 38 heavy (non-hydrogen) atoms. The van der Waals surface area contributed by atoms with Crippen molar-refractivity contribution in [1.82, 2.24) is 20.4 Å². The number of rotatable bonds is 11. The van der Waals surface area contributed by atoms with Crippen molar-refractivity contribution < 1.29 is 28.3 Å². The van der Waals surface area contributed by atoms with E-state index in [1.807, 2.05) is 36.4 Å². The first-order valence-corrected chi connectivity index (χ1v) is 11.8. The summed E-state index contributed by atoms with van der Waals surface area (Å²) in [4.78, 5) is 31.7. The summed E-state index contributed by atoms with van der Waals surface area (Å²) in [7, 11) is 4.72. The minimum atomic E-state index is -0.390. The van der Waals surface area contributed by atoms with Crippen LogP contribution in [0, 0.1) is 0 Å². The van der Waals surface area contributed by atoms with Crippen molar-refractivity contribution in [2.75, 3.05) is 21.3 Å². The zero-order valence-corrected chi connectivity index (χ0v) is 21.3. The Morgan fingerprint density at radius 3 is 2.21 bits per heavy atom. The third kappa shape index (κ3) is 6.67. The molecule has 0 saturated carbocycles. The molecule has 10 nitrogen and oxygen atoms in total. The maximum atomic E-state index is 13.4. The van der Waals surface area contributed by atoms with Crippen molar-refractivity contribution in [1.29, 1.82) is 0 Å². The van der Waals surface area contributed by atoms with Gasteiger partial charge in [-0.2, -0.15) is 0 Å². The van der Waals surface area contributed by atoms with Gasteiger partial charge in [0.2, 0.25) is 0 Å². The van der Waals surface area contributed by atoms with Crippen molar-refractivity contribution >= 4 is 11.8 Å². The summed E-state index contributed by atoms with van der Waals surface area (Å²) in [6, 6.07) is 17.7. The SMILES string of the molecule is COc1ccc(CNC(=O)c2cc(CN(Cc3cc(OC)cc(OC)c3)C(=O)c3cccnc3)on2)cc1. The van der Waals surface area contributed by atoms with Gasteiger partial charge in [-0.05, 0) is 47.5 Å². The second-order valence-electron chi connectivity index (χ2n) is 8.33. The fourth-order valence-electron chi connectivity index (χ4n) is 3.75. The van der Waals surface area contributed by atoms with Crippen LogP contribution in [-0.2, 0) is 19.6 Å². The van der Waals surface area contributed by atoms with Crippen molar-refractivity contribution in [2.24, 2.45) is 0 Å². The normalized spacial score (nSPS) is 10.5. The molecule has 4 rings (SSSR count). The van der Waals surface area contributed by atoms with E-state index in [0.717, 1.165) is 16.9 Å². The van der Waals surface area contributed by atoms with Gasteiger partial charge in [-0.1, -0.05) is 17.3 Å². The summed E-state index contributed by atoms with van der Waals surface area (Å²) >= 11 is 0. The summed E-state index contributed by atoms with van der Waals surface area (Å²) in [6.07, 6.45) is 3.10. The minimum Gasteiger partial charge on any atom is -0.497 e. The Kier molecular flexibility index (Phi) is 8.55. The average Bonchev–Trinajstić information content (AvgIpc) is 3.44. The molecule has 2 aromatic carbocycles. The Morgan fingerprint density at radius 1 is 0.868 bits per heavy atom. The number of nitrogens with zero attached hydrogens (tertiary/aromatic N) is 3. The fourth-order valence-corrected chi connectivity index (χ4v) is 3.75. The molecule has 4 aromatic rings. The molecule has 0 unspecified atom stereocenters. The lowest BCUT2D eigenvalue weighted by atomic mass is 10.1. The lowest BCUT2D eigenvalue weighted by molar-refractivity contribution is 0.0712. The van der Waals surface area contributed by atoms with Gasteiger partial charge in [0.25, 0.3) is 11.8 Å². The standard InChI is InChI=1S/C28H28N4O6/c1-35-22-8-6-19(7-9-22)15-30-27(33)26-14-25(38-31-26)18-32(28(34)21-5-4-10-29-16-21)17-20-11-23(36-2)13-24(12-20)37-3/h4-14,16H,15,17-18H2,1-3H3,(H,30,33). The number of methoxy groups -OCH3 is 3. The zero-order valence-electron chi connectivity index (χ0n) is 21.3. The largest absolute Gasteiger partial charge is 0.497 e. The molecule has 2 amide bonds. The Labute approximate surface area is 220 Å². The molecule has 2 aromatic heterocycles. The van der Waals surface area contributed by atoms with E-state index in [-0.39, 0.29) is 24.7 Å². The van der Waals surface area contributed by atoms with E-state index < -0.39 is 5.91 Å². The number of pyridine rings is 1. The maximum Gasteiger partial charge on any atom is 0.273 e. The molecule has 10 heteroatoms. The highest BCUT2D eigenvalue weighted by atomic mass is 16.5. The number of nitrogens with one attached hydrogen (secondary N) is 1. The molecule has 0 aliphatic carbocycles. The lowest BCUT2D eigenvalue weighted by Gasteiger charge is -2.22. The van der Waals surface area contributed by atoms with Crippen molar-refractivity contribution in [3.05, 3.63) is 101 Å². The van der Waals surface area contributed by atoms with Crippen LogP contribution in [-0.4, -0.2) is 48.2 Å². The average molecular weight is 517 g/mol. The summed E-state index contributed by atoms with van der Waals surface area (Å²) in [5, 5.41) is 6.72. The number of hydrogen-bond acceptors (Lipinski definition) is 8. The second kappa shape index (κ2) is 12.4. The van der Waals surface area contributed by atoms with Crippen LogP contribution in [0.5, 0.6) is 17.2 Å². The van der Waals surface area contributed by atoms with Crippen LogP contribution in [0.1, 0.15) is 37.7 Å². The molecule has 1 N–H and O–H groups in total. The molecular weight excluding hydrogens is 488 g/mol. The summed E-state index contributed by atoms with van der Waals surface area (Å²) in [5.74, 6) is 1.64. The van der Waals surface area contributed by atoms with E-state index in [4.69, 9.17) is 18.7 Å². The second-order valence-corrected chi connectivity index (χ2v) is 8.33. The van der Waals surface area contributed by atoms with Gasteiger partial charge >= 0.3 is 0 Å². The van der Waals surface area contributed by atoms with Crippen LogP contribution in [0.15, 0.2) is 77.6 Å². The van der Waals surface area contributed by atoms with E-state index in [9.17, 15) is 9.59 Å². The molecular formula is C28H28N4O6. The molecule has 0 bridgehead atoms. The van der Waals surface area contributed by atoms with E-state index in [1.54, 1.807) is 50.6 Å². The predicted molar refractivity (Wildman–Crippen MR) is 138 cm³/mol. The molecule has 0 saturated heterocycles. The highest BCUT2D eigenvalue weighted by Gasteiger charge is 2.21. The Bertz CT molecular complexity index is 1350. The van der Waals surface area contributed by atoms with Crippen LogP contribution in [0.3, 0.4) is 0 Å². The van der Waals surface area contributed by atoms with E-state index in [2.05, 4.69) is 15.5 Å². The Balaban J connectivity index is 1.49. The van der Waals surface area contributed by atoms with Crippen LogP contribution in [0.2, 0.25) is 0 Å². The van der Waals surface area contributed by atoms with Gasteiger partial charge < -0.3 is 29.0 Å². The van der Waals surface area contributed by atoms with Crippen molar-refractivity contribution in [2.45, 2.75) is 19.6 Å². The number of carbonyl (C=O) groups excluding carboxylic acids is 2. The van der Waals surface area contributed by atoms with Crippen molar-refractivity contribution in [3.63, 3.8) is 0 Å². The van der Waals surface area contributed by atoms with Gasteiger partial charge in [-0.25, -0.2) is 0 Å². The quantitative estimate of drug-likeness (QED) is 0.319. The first-order chi connectivity index (χ1) is 18.5. The number of benzene rings is 2. The summed E-state index contributed by atoms with van der Waals surface area (Å²) in [6.45, 7) is 0.612. The number of hydrogen-bond donors (Lipinski definition) is 1. The number of amides is 2. The van der Waals surface area contributed by atoms with Crippen LogP contribution in [0.4, 0.5) is 0 Å². The van der Waals surface area contributed by atoms with Crippen LogP contribution in [0.25, 0.3) is 0 Å². The monoisotopic (exact) mass is 516 g/mol. The fraction of sp³-hybridized carbons (Fsp3) is 0.214. The van der Waals surface area contributed by atoms with Crippen LogP contribution < -0.4 is 19.5 Å². The van der Waals surface area contributed by atoms with E-state index in [1.165, 1.54) is 12.3 Å². The third-order valence-electron chi connectivity index (χ3n) is 5.73. The number of carbonyl (C=O) groups is 2. The predicted octanol–water partition coefficient (Wildman–Crippen LogP) is 3.87. The first-order valence-electron chi connectivity index (χ1n) is 11.8.